The summed E-state index contributed by atoms with van der Waals surface area (Å²) < 4.78 is 40.3. The molecule has 9 heteroatoms. The molecule has 0 spiro atoms. The molecule has 1 aliphatic heterocycles. The second kappa shape index (κ2) is 6.87. The fraction of sp³-hybridized carbons (Fsp3) is 0.158. The van der Waals surface area contributed by atoms with Crippen molar-refractivity contribution in [3.8, 4) is 0 Å². The predicted molar refractivity (Wildman–Crippen MR) is 96.2 cm³/mol. The molecular formula is C19H13ClF3N3O2. The molecule has 5 nitrogen and oxygen atoms in total. The average molecular weight is 408 g/mol. The van der Waals surface area contributed by atoms with Crippen molar-refractivity contribution < 1.29 is 22.8 Å². The molecule has 144 valence electrons. The van der Waals surface area contributed by atoms with Gasteiger partial charge in [-0.25, -0.2) is 18.0 Å². The number of imide groups is 1. The van der Waals surface area contributed by atoms with Gasteiger partial charge in [-0.2, -0.15) is 0 Å². The molecule has 3 aromatic rings. The number of nitrogens with one attached hydrogen (secondary N) is 2. The first kappa shape index (κ1) is 18.4. The minimum atomic E-state index is -0.853. The lowest BCUT2D eigenvalue weighted by Gasteiger charge is -2.13. The zero-order valence-electron chi connectivity index (χ0n) is 14.2. The molecular weight excluding hydrogens is 395 g/mol. The third kappa shape index (κ3) is 3.20. The summed E-state index contributed by atoms with van der Waals surface area (Å²) in [6.07, 6.45) is 1.75. The van der Waals surface area contributed by atoms with Crippen molar-refractivity contribution in [2.45, 2.75) is 19.0 Å². The van der Waals surface area contributed by atoms with Gasteiger partial charge in [0.15, 0.2) is 0 Å². The Morgan fingerprint density at radius 3 is 2.50 bits per heavy atom. The monoisotopic (exact) mass is 407 g/mol. The highest BCUT2D eigenvalue weighted by Gasteiger charge is 2.38. The molecule has 4 rings (SSSR count). The second-order valence-corrected chi connectivity index (χ2v) is 6.88. The van der Waals surface area contributed by atoms with Crippen molar-refractivity contribution in [1.82, 2.24) is 15.2 Å². The zero-order valence-corrected chi connectivity index (χ0v) is 15.0. The largest absolute Gasteiger partial charge is 0.360 e. The van der Waals surface area contributed by atoms with Gasteiger partial charge in [-0.05, 0) is 35.4 Å². The number of amides is 3. The smallest absolute Gasteiger partial charge is 0.325 e. The Labute approximate surface area is 162 Å². The van der Waals surface area contributed by atoms with Crippen LogP contribution in [0.2, 0.25) is 5.02 Å². The van der Waals surface area contributed by atoms with E-state index in [-0.39, 0.29) is 23.6 Å². The molecule has 0 saturated carbocycles. The molecule has 0 aliphatic carbocycles. The van der Waals surface area contributed by atoms with Gasteiger partial charge in [0.05, 0.1) is 12.1 Å². The quantitative estimate of drug-likeness (QED) is 0.644. The third-order valence-electron chi connectivity index (χ3n) is 4.63. The highest BCUT2D eigenvalue weighted by molar-refractivity contribution is 6.35. The topological polar surface area (TPSA) is 65.2 Å². The number of carbonyl (C=O) groups excluding carboxylic acids is 2. The molecule has 1 aliphatic rings. The van der Waals surface area contributed by atoms with Gasteiger partial charge in [-0.15, -0.1) is 0 Å². The number of H-pyrrole nitrogens is 1. The number of hydrogen-bond donors (Lipinski definition) is 2. The molecule has 3 amide bonds. The standard InChI is InChI=1S/C19H13ClF3N3O2/c20-16-14(23)2-1-13-10(7-24-17(13)16)5-15-18(27)26(19(28)25-15)8-9-3-11(21)6-12(22)4-9/h1-4,6-7,15,24H,5,8H2,(H,25,28)/t15-/m1/s1. The van der Waals surface area contributed by atoms with E-state index in [4.69, 9.17) is 11.6 Å². The van der Waals surface area contributed by atoms with Crippen molar-refractivity contribution in [3.63, 3.8) is 0 Å². The predicted octanol–water partition coefficient (Wildman–Crippen LogP) is 3.90. The van der Waals surface area contributed by atoms with Crippen molar-refractivity contribution in [3.05, 3.63) is 70.1 Å². The fourth-order valence-electron chi connectivity index (χ4n) is 3.33. The van der Waals surface area contributed by atoms with E-state index >= 15 is 0 Å². The first-order valence-electron chi connectivity index (χ1n) is 8.34. The molecule has 1 aromatic heterocycles. The first-order chi connectivity index (χ1) is 13.3. The number of nitrogens with zero attached hydrogens (tertiary/aromatic N) is 1. The van der Waals surface area contributed by atoms with E-state index in [0.717, 1.165) is 17.0 Å². The van der Waals surface area contributed by atoms with Gasteiger partial charge in [-0.1, -0.05) is 11.6 Å². The van der Waals surface area contributed by atoms with Crippen molar-refractivity contribution in [2.24, 2.45) is 0 Å². The van der Waals surface area contributed by atoms with Crippen LogP contribution < -0.4 is 5.32 Å². The number of aromatic nitrogens is 1. The minimum Gasteiger partial charge on any atom is -0.360 e. The van der Waals surface area contributed by atoms with Gasteiger partial charge in [-0.3, -0.25) is 9.69 Å². The van der Waals surface area contributed by atoms with Crippen molar-refractivity contribution >= 4 is 34.4 Å². The van der Waals surface area contributed by atoms with Crippen molar-refractivity contribution in [2.75, 3.05) is 0 Å². The van der Waals surface area contributed by atoms with Gasteiger partial charge >= 0.3 is 6.03 Å². The number of hydrogen-bond acceptors (Lipinski definition) is 2. The van der Waals surface area contributed by atoms with E-state index in [1.165, 1.54) is 12.1 Å². The minimum absolute atomic E-state index is 0.0553. The van der Waals surface area contributed by atoms with Crippen LogP contribution in [0, 0.1) is 17.5 Å². The van der Waals surface area contributed by atoms with Crippen LogP contribution in [0.1, 0.15) is 11.1 Å². The highest BCUT2D eigenvalue weighted by atomic mass is 35.5. The van der Waals surface area contributed by atoms with Crippen LogP contribution >= 0.6 is 11.6 Å². The van der Waals surface area contributed by atoms with Crippen LogP contribution in [0.25, 0.3) is 10.9 Å². The van der Waals surface area contributed by atoms with Gasteiger partial charge in [0.25, 0.3) is 5.91 Å². The lowest BCUT2D eigenvalue weighted by Crippen LogP contribution is -2.32. The molecule has 0 radical (unpaired) electrons. The van der Waals surface area contributed by atoms with Crippen LogP contribution in [0.15, 0.2) is 36.5 Å². The summed E-state index contributed by atoms with van der Waals surface area (Å²) in [6, 6.07) is 4.10. The zero-order chi connectivity index (χ0) is 20.0. The number of rotatable bonds is 4. The van der Waals surface area contributed by atoms with Crippen LogP contribution in [0.3, 0.4) is 0 Å². The summed E-state index contributed by atoms with van der Waals surface area (Å²) >= 11 is 5.93. The number of fused-ring (bicyclic) bond motifs is 1. The maximum atomic E-state index is 13.6. The summed E-state index contributed by atoms with van der Waals surface area (Å²) in [5, 5.41) is 3.14. The Hall–Kier alpha value is -3.00. The Morgan fingerprint density at radius 2 is 1.79 bits per heavy atom. The molecule has 1 saturated heterocycles. The lowest BCUT2D eigenvalue weighted by molar-refractivity contribution is -0.127. The third-order valence-corrected chi connectivity index (χ3v) is 5.00. The molecule has 1 fully saturated rings. The van der Waals surface area contributed by atoms with Gasteiger partial charge in [0.1, 0.15) is 28.5 Å². The van der Waals surface area contributed by atoms with E-state index in [2.05, 4.69) is 10.3 Å². The van der Waals surface area contributed by atoms with Gasteiger partial charge in [0.2, 0.25) is 0 Å². The van der Waals surface area contributed by atoms with Gasteiger partial charge < -0.3 is 10.3 Å². The number of aromatic amines is 1. The maximum absolute atomic E-state index is 13.6. The van der Waals surface area contributed by atoms with Crippen molar-refractivity contribution in [1.29, 1.82) is 0 Å². The fourth-order valence-corrected chi connectivity index (χ4v) is 3.55. The van der Waals surface area contributed by atoms with E-state index in [9.17, 15) is 22.8 Å². The van der Waals surface area contributed by atoms with Gasteiger partial charge in [0, 0.05) is 24.1 Å². The Morgan fingerprint density at radius 1 is 1.07 bits per heavy atom. The second-order valence-electron chi connectivity index (χ2n) is 6.51. The van der Waals surface area contributed by atoms with Crippen LogP contribution in [-0.4, -0.2) is 27.9 Å². The number of urea groups is 1. The van der Waals surface area contributed by atoms with E-state index in [1.807, 2.05) is 0 Å². The normalized spacial score (nSPS) is 16.9. The van der Waals surface area contributed by atoms with E-state index in [1.54, 1.807) is 6.20 Å². The summed E-state index contributed by atoms with van der Waals surface area (Å²) in [5.74, 6) is -2.67. The maximum Gasteiger partial charge on any atom is 0.325 e. The molecule has 1 atom stereocenters. The molecule has 2 aromatic carbocycles. The van der Waals surface area contributed by atoms with E-state index in [0.29, 0.717) is 22.5 Å². The summed E-state index contributed by atoms with van der Waals surface area (Å²) in [5.41, 5.74) is 1.24. The summed E-state index contributed by atoms with van der Waals surface area (Å²) in [7, 11) is 0. The Kier molecular flexibility index (Phi) is 4.50. The van der Waals surface area contributed by atoms with Crippen LogP contribution in [0.4, 0.5) is 18.0 Å². The molecule has 0 unspecified atom stereocenters. The van der Waals surface area contributed by atoms with Crippen LogP contribution in [0.5, 0.6) is 0 Å². The lowest BCUT2D eigenvalue weighted by atomic mass is 10.0. The summed E-state index contributed by atoms with van der Waals surface area (Å²) in [6.45, 7) is -0.249. The Balaban J connectivity index is 1.55. The Bertz CT molecular complexity index is 1090. The SMILES string of the molecule is O=C1N[C@H](Cc2c[nH]c3c(Cl)c(F)ccc23)C(=O)N1Cc1cc(F)cc(F)c1. The summed E-state index contributed by atoms with van der Waals surface area (Å²) in [4.78, 5) is 28.6. The van der Waals surface area contributed by atoms with E-state index < -0.39 is 35.4 Å². The van der Waals surface area contributed by atoms with Crippen LogP contribution in [-0.2, 0) is 17.8 Å². The molecule has 2 heterocycles. The molecule has 28 heavy (non-hydrogen) atoms. The number of benzene rings is 2. The number of carbonyl (C=O) groups is 2. The molecule has 2 N–H and O–H groups in total. The highest BCUT2D eigenvalue weighted by Crippen LogP contribution is 2.29. The number of halogens is 4. The first-order valence-corrected chi connectivity index (χ1v) is 8.72. The average Bonchev–Trinajstić information content (AvgIpc) is 3.14. The molecule has 0 bridgehead atoms.